The van der Waals surface area contributed by atoms with Gasteiger partial charge in [0.1, 0.15) is 5.65 Å². The van der Waals surface area contributed by atoms with Gasteiger partial charge in [-0.15, -0.1) is 0 Å². The van der Waals surface area contributed by atoms with Gasteiger partial charge in [-0.2, -0.15) is 10.1 Å². The fraction of sp³-hybridized carbons (Fsp3) is 0.294. The van der Waals surface area contributed by atoms with E-state index in [9.17, 15) is 5.11 Å². The highest BCUT2D eigenvalue weighted by Gasteiger charge is 2.38. The third-order valence-corrected chi connectivity index (χ3v) is 4.67. The second-order valence-electron chi connectivity index (χ2n) is 6.85. The second-order valence-corrected chi connectivity index (χ2v) is 6.85. The molecule has 5 rings (SSSR count). The van der Waals surface area contributed by atoms with Gasteiger partial charge in [0.25, 0.3) is 0 Å². The summed E-state index contributed by atoms with van der Waals surface area (Å²) in [5.41, 5.74) is 2.77. The summed E-state index contributed by atoms with van der Waals surface area (Å²) >= 11 is 0. The molecular weight excluding hydrogens is 318 g/mol. The van der Waals surface area contributed by atoms with E-state index in [1.54, 1.807) is 16.9 Å². The van der Waals surface area contributed by atoms with Crippen molar-refractivity contribution in [2.45, 2.75) is 31.4 Å². The van der Waals surface area contributed by atoms with Crippen molar-refractivity contribution in [2.24, 2.45) is 0 Å². The van der Waals surface area contributed by atoms with Crippen molar-refractivity contribution >= 4 is 22.6 Å². The molecule has 1 fully saturated rings. The van der Waals surface area contributed by atoms with Gasteiger partial charge in [0.05, 0.1) is 11.3 Å². The summed E-state index contributed by atoms with van der Waals surface area (Å²) in [6.45, 7) is 1.84. The molecule has 4 aromatic heterocycles. The van der Waals surface area contributed by atoms with Crippen LogP contribution in [0.3, 0.4) is 0 Å². The van der Waals surface area contributed by atoms with Crippen LogP contribution in [0.5, 0.6) is 0 Å². The number of H-pyrrole nitrogens is 1. The summed E-state index contributed by atoms with van der Waals surface area (Å²) in [6.07, 6.45) is 8.65. The molecule has 0 bridgehead atoms. The standard InChI is InChI=1S/C17H17N7O/c1-17(25)6-10(7-17)21-16-20-9-12-11(8-19-15(12)22-16)13-2-3-14-18-4-5-24(14)23-13/h2-5,8-10,25H,6-7H2,1H3,(H2,19,20,21,22)/t10-,17-. The Kier molecular flexibility index (Phi) is 2.87. The van der Waals surface area contributed by atoms with Gasteiger partial charge in [0, 0.05) is 41.8 Å². The Morgan fingerprint density at radius 2 is 2.20 bits per heavy atom. The van der Waals surface area contributed by atoms with Crippen molar-refractivity contribution in [2.75, 3.05) is 5.32 Å². The maximum Gasteiger partial charge on any atom is 0.224 e. The normalized spacial score (nSPS) is 23.0. The van der Waals surface area contributed by atoms with Crippen LogP contribution in [0.2, 0.25) is 0 Å². The van der Waals surface area contributed by atoms with Gasteiger partial charge in [-0.25, -0.2) is 14.5 Å². The first-order valence-electron chi connectivity index (χ1n) is 8.21. The van der Waals surface area contributed by atoms with Crippen molar-refractivity contribution < 1.29 is 5.11 Å². The van der Waals surface area contributed by atoms with Gasteiger partial charge in [-0.3, -0.25) is 0 Å². The Balaban J connectivity index is 1.46. The number of anilines is 1. The molecule has 1 aliphatic carbocycles. The minimum Gasteiger partial charge on any atom is -0.390 e. The zero-order valence-electron chi connectivity index (χ0n) is 13.6. The fourth-order valence-corrected chi connectivity index (χ4v) is 3.43. The monoisotopic (exact) mass is 335 g/mol. The Labute approximate surface area is 143 Å². The first-order chi connectivity index (χ1) is 12.1. The lowest BCUT2D eigenvalue weighted by molar-refractivity contribution is -0.0235. The van der Waals surface area contributed by atoms with E-state index in [2.05, 4.69) is 30.4 Å². The van der Waals surface area contributed by atoms with E-state index in [4.69, 9.17) is 0 Å². The molecule has 0 radical (unpaired) electrons. The lowest BCUT2D eigenvalue weighted by Gasteiger charge is -2.41. The molecule has 126 valence electrons. The first kappa shape index (κ1) is 14.4. The van der Waals surface area contributed by atoms with Crippen molar-refractivity contribution in [1.29, 1.82) is 0 Å². The zero-order valence-corrected chi connectivity index (χ0v) is 13.6. The Bertz CT molecular complexity index is 1070. The topological polar surface area (TPSA) is 104 Å². The molecule has 0 amide bonds. The Hall–Kier alpha value is -3.00. The molecule has 0 atom stereocenters. The third kappa shape index (κ3) is 2.42. The highest BCUT2D eigenvalue weighted by Crippen LogP contribution is 2.33. The molecule has 1 saturated carbocycles. The van der Waals surface area contributed by atoms with Crippen molar-refractivity contribution in [3.8, 4) is 11.3 Å². The SMILES string of the molecule is C[C@]1(O)C[C@H](Nc2ncc3c(-c4ccc5nccn5n4)c[nH]c3n2)C1. The highest BCUT2D eigenvalue weighted by molar-refractivity contribution is 5.92. The van der Waals surface area contributed by atoms with Crippen LogP contribution in [-0.4, -0.2) is 46.3 Å². The maximum atomic E-state index is 9.82. The number of nitrogens with zero attached hydrogens (tertiary/aromatic N) is 5. The first-order valence-corrected chi connectivity index (χ1v) is 8.21. The van der Waals surface area contributed by atoms with E-state index in [1.165, 1.54) is 0 Å². The van der Waals surface area contributed by atoms with Gasteiger partial charge in [0.15, 0.2) is 5.65 Å². The third-order valence-electron chi connectivity index (χ3n) is 4.67. The molecule has 0 spiro atoms. The number of nitrogens with one attached hydrogen (secondary N) is 2. The van der Waals surface area contributed by atoms with Crippen LogP contribution < -0.4 is 5.32 Å². The number of aliphatic hydroxyl groups is 1. The van der Waals surface area contributed by atoms with Gasteiger partial charge in [-0.1, -0.05) is 0 Å². The fourth-order valence-electron chi connectivity index (χ4n) is 3.43. The van der Waals surface area contributed by atoms with Crippen LogP contribution >= 0.6 is 0 Å². The summed E-state index contributed by atoms with van der Waals surface area (Å²) in [4.78, 5) is 16.4. The number of hydrogen-bond acceptors (Lipinski definition) is 6. The minimum atomic E-state index is -0.570. The van der Waals surface area contributed by atoms with Crippen LogP contribution in [0.25, 0.3) is 27.9 Å². The summed E-state index contributed by atoms with van der Waals surface area (Å²) in [5, 5.41) is 18.6. The molecule has 0 aromatic carbocycles. The smallest absolute Gasteiger partial charge is 0.224 e. The number of fused-ring (bicyclic) bond motifs is 2. The molecule has 3 N–H and O–H groups in total. The lowest BCUT2D eigenvalue weighted by atomic mass is 9.77. The predicted octanol–water partition coefficient (Wildman–Crippen LogP) is 1.99. The van der Waals surface area contributed by atoms with Crippen LogP contribution in [-0.2, 0) is 0 Å². The predicted molar refractivity (Wildman–Crippen MR) is 93.1 cm³/mol. The van der Waals surface area contributed by atoms with E-state index in [-0.39, 0.29) is 6.04 Å². The minimum absolute atomic E-state index is 0.215. The highest BCUT2D eigenvalue weighted by atomic mass is 16.3. The number of hydrogen-bond donors (Lipinski definition) is 3. The number of aromatic amines is 1. The second kappa shape index (κ2) is 5.00. The maximum absolute atomic E-state index is 9.82. The molecule has 8 heteroatoms. The molecule has 8 nitrogen and oxygen atoms in total. The van der Waals surface area contributed by atoms with Gasteiger partial charge in [0.2, 0.25) is 5.95 Å². The van der Waals surface area contributed by atoms with Crippen molar-refractivity contribution in [1.82, 2.24) is 29.5 Å². The van der Waals surface area contributed by atoms with Crippen molar-refractivity contribution in [3.05, 3.63) is 36.9 Å². The number of rotatable bonds is 3. The molecule has 4 heterocycles. The summed E-state index contributed by atoms with van der Waals surface area (Å²) in [7, 11) is 0. The quantitative estimate of drug-likeness (QED) is 0.529. The number of imidazole rings is 1. The van der Waals surface area contributed by atoms with Crippen LogP contribution in [0.1, 0.15) is 19.8 Å². The van der Waals surface area contributed by atoms with E-state index in [0.29, 0.717) is 18.8 Å². The largest absolute Gasteiger partial charge is 0.390 e. The molecule has 0 saturated heterocycles. The van der Waals surface area contributed by atoms with Gasteiger partial charge >= 0.3 is 0 Å². The van der Waals surface area contributed by atoms with Crippen LogP contribution in [0.4, 0.5) is 5.95 Å². The molecule has 0 unspecified atom stereocenters. The molecule has 1 aliphatic rings. The Morgan fingerprint density at radius 3 is 3.04 bits per heavy atom. The molecule has 25 heavy (non-hydrogen) atoms. The molecule has 4 aromatic rings. The number of aromatic nitrogens is 6. The summed E-state index contributed by atoms with van der Waals surface area (Å²) in [5.74, 6) is 0.569. The van der Waals surface area contributed by atoms with Crippen LogP contribution in [0.15, 0.2) is 36.9 Å². The molecule has 0 aliphatic heterocycles. The average molecular weight is 335 g/mol. The van der Waals surface area contributed by atoms with E-state index in [0.717, 1.165) is 27.9 Å². The van der Waals surface area contributed by atoms with E-state index < -0.39 is 5.60 Å². The van der Waals surface area contributed by atoms with Gasteiger partial charge < -0.3 is 15.4 Å². The summed E-state index contributed by atoms with van der Waals surface area (Å²) in [6, 6.07) is 4.08. The molecular formula is C17H17N7O. The van der Waals surface area contributed by atoms with Crippen LogP contribution in [0, 0.1) is 0 Å². The zero-order chi connectivity index (χ0) is 17.0. The van der Waals surface area contributed by atoms with Crippen molar-refractivity contribution in [3.63, 3.8) is 0 Å². The summed E-state index contributed by atoms with van der Waals surface area (Å²) < 4.78 is 1.74. The van der Waals surface area contributed by atoms with E-state index in [1.807, 2.05) is 31.5 Å². The average Bonchev–Trinajstić information content (AvgIpc) is 3.18. The Morgan fingerprint density at radius 1 is 1.32 bits per heavy atom. The van der Waals surface area contributed by atoms with E-state index >= 15 is 0 Å². The lowest BCUT2D eigenvalue weighted by Crippen LogP contribution is -2.48. The van der Waals surface area contributed by atoms with Gasteiger partial charge in [-0.05, 0) is 31.9 Å².